The smallest absolute Gasteiger partial charge is 0.196 e. The van der Waals surface area contributed by atoms with Gasteiger partial charge >= 0.3 is 0 Å². The summed E-state index contributed by atoms with van der Waals surface area (Å²) in [5.74, 6) is -0.660. The molecule has 0 N–H and O–H groups in total. The van der Waals surface area contributed by atoms with Gasteiger partial charge in [-0.25, -0.2) is 13.8 Å². The Bertz CT molecular complexity index is 723. The van der Waals surface area contributed by atoms with Gasteiger partial charge in [0.25, 0.3) is 0 Å². The maximum absolute atomic E-state index is 13.7. The lowest BCUT2D eigenvalue weighted by Crippen LogP contribution is -1.99. The molecule has 102 valence electrons. The van der Waals surface area contributed by atoms with Crippen LogP contribution in [0.15, 0.2) is 46.9 Å². The first kappa shape index (κ1) is 13.2. The molecular formula is C15H10BrF2NO. The van der Waals surface area contributed by atoms with Gasteiger partial charge in [-0.3, -0.25) is 0 Å². The van der Waals surface area contributed by atoms with Crippen LogP contribution in [0.3, 0.4) is 0 Å². The van der Waals surface area contributed by atoms with Gasteiger partial charge in [-0.05, 0) is 18.2 Å². The van der Waals surface area contributed by atoms with Crippen LogP contribution in [0, 0.1) is 11.6 Å². The van der Waals surface area contributed by atoms with Crippen LogP contribution in [0.4, 0.5) is 8.78 Å². The molecule has 3 aromatic rings. The van der Waals surface area contributed by atoms with E-state index in [0.717, 1.165) is 11.6 Å². The fourth-order valence-electron chi connectivity index (χ4n) is 2.03. The second-order valence-electron chi connectivity index (χ2n) is 4.41. The molecule has 5 heteroatoms. The molecule has 2 nitrogen and oxygen atoms in total. The number of oxazole rings is 1. The maximum atomic E-state index is 13.7. The predicted octanol–water partition coefficient (Wildman–Crippen LogP) is 4.78. The van der Waals surface area contributed by atoms with Crippen LogP contribution in [-0.2, 0) is 6.42 Å². The number of benzene rings is 2. The summed E-state index contributed by atoms with van der Waals surface area (Å²) in [6, 6.07) is 10.9. The molecule has 0 aliphatic carbocycles. The number of para-hydroxylation sites is 2. The Hall–Kier alpha value is -1.75. The average molecular weight is 338 g/mol. The quantitative estimate of drug-likeness (QED) is 0.642. The molecule has 1 unspecified atom stereocenters. The SMILES string of the molecule is Fc1ccc(C(Br)Cc2nc3ccccc3o2)c(F)c1. The van der Waals surface area contributed by atoms with Crippen LogP contribution in [-0.4, -0.2) is 4.98 Å². The van der Waals surface area contributed by atoms with Gasteiger partial charge in [0.15, 0.2) is 11.5 Å². The fraction of sp³-hybridized carbons (Fsp3) is 0.133. The highest BCUT2D eigenvalue weighted by atomic mass is 79.9. The van der Waals surface area contributed by atoms with Crippen LogP contribution in [0.25, 0.3) is 11.1 Å². The summed E-state index contributed by atoms with van der Waals surface area (Å²) < 4.78 is 32.2. The van der Waals surface area contributed by atoms with E-state index in [9.17, 15) is 8.78 Å². The predicted molar refractivity (Wildman–Crippen MR) is 75.7 cm³/mol. The van der Waals surface area contributed by atoms with E-state index in [1.54, 1.807) is 0 Å². The molecule has 0 bridgehead atoms. The van der Waals surface area contributed by atoms with Crippen molar-refractivity contribution in [1.82, 2.24) is 4.98 Å². The molecule has 0 aliphatic rings. The third-order valence-electron chi connectivity index (χ3n) is 2.99. The van der Waals surface area contributed by atoms with E-state index in [2.05, 4.69) is 20.9 Å². The third-order valence-corrected chi connectivity index (χ3v) is 3.81. The van der Waals surface area contributed by atoms with Gasteiger partial charge in [0.05, 0.1) is 4.83 Å². The van der Waals surface area contributed by atoms with Crippen molar-refractivity contribution in [3.05, 3.63) is 65.6 Å². The highest BCUT2D eigenvalue weighted by Crippen LogP contribution is 2.30. The minimum atomic E-state index is -0.590. The van der Waals surface area contributed by atoms with E-state index in [1.807, 2.05) is 24.3 Å². The molecule has 0 amide bonds. The van der Waals surface area contributed by atoms with Crippen LogP contribution in [0.1, 0.15) is 16.3 Å². The van der Waals surface area contributed by atoms with Gasteiger partial charge < -0.3 is 4.42 Å². The van der Waals surface area contributed by atoms with Gasteiger partial charge in [-0.15, -0.1) is 0 Å². The Morgan fingerprint density at radius 2 is 1.95 bits per heavy atom. The standard InChI is InChI=1S/C15H10BrF2NO/c16-11(10-6-5-9(17)7-12(10)18)8-15-19-13-3-1-2-4-14(13)20-15/h1-7,11H,8H2. The second kappa shape index (κ2) is 5.32. The monoisotopic (exact) mass is 337 g/mol. The molecular weight excluding hydrogens is 328 g/mol. The molecule has 2 aromatic carbocycles. The Labute approximate surface area is 122 Å². The first-order chi connectivity index (χ1) is 9.63. The molecule has 1 heterocycles. The first-order valence-corrected chi connectivity index (χ1v) is 6.98. The lowest BCUT2D eigenvalue weighted by molar-refractivity contribution is 0.520. The Balaban J connectivity index is 1.86. The number of halogens is 3. The molecule has 3 rings (SSSR count). The van der Waals surface area contributed by atoms with E-state index in [-0.39, 0.29) is 4.83 Å². The Morgan fingerprint density at radius 3 is 2.70 bits per heavy atom. The van der Waals surface area contributed by atoms with Gasteiger partial charge in [-0.1, -0.05) is 34.1 Å². The molecule has 0 radical (unpaired) electrons. The third kappa shape index (κ3) is 2.58. The summed E-state index contributed by atoms with van der Waals surface area (Å²) in [4.78, 5) is 4.01. The van der Waals surface area contributed by atoms with Crippen LogP contribution < -0.4 is 0 Å². The van der Waals surface area contributed by atoms with Crippen molar-refractivity contribution < 1.29 is 13.2 Å². The van der Waals surface area contributed by atoms with E-state index in [1.165, 1.54) is 12.1 Å². The maximum Gasteiger partial charge on any atom is 0.196 e. The Kier molecular flexibility index (Phi) is 3.53. The lowest BCUT2D eigenvalue weighted by Gasteiger charge is -2.08. The average Bonchev–Trinajstić information content (AvgIpc) is 2.80. The Morgan fingerprint density at radius 1 is 1.15 bits per heavy atom. The van der Waals surface area contributed by atoms with Crippen LogP contribution >= 0.6 is 15.9 Å². The van der Waals surface area contributed by atoms with Gasteiger partial charge in [-0.2, -0.15) is 0 Å². The number of aromatic nitrogens is 1. The van der Waals surface area contributed by atoms with Gasteiger partial charge in [0.1, 0.15) is 17.2 Å². The largest absolute Gasteiger partial charge is 0.441 e. The van der Waals surface area contributed by atoms with Crippen LogP contribution in [0.2, 0.25) is 0 Å². The number of fused-ring (bicyclic) bond motifs is 1. The summed E-state index contributed by atoms with van der Waals surface area (Å²) in [5, 5.41) is 0. The zero-order chi connectivity index (χ0) is 14.1. The second-order valence-corrected chi connectivity index (χ2v) is 5.52. The van der Waals surface area contributed by atoms with E-state index in [4.69, 9.17) is 4.42 Å². The van der Waals surface area contributed by atoms with Crippen molar-refractivity contribution >= 4 is 27.0 Å². The molecule has 0 saturated heterocycles. The van der Waals surface area contributed by atoms with Crippen molar-refractivity contribution in [2.75, 3.05) is 0 Å². The summed E-state index contributed by atoms with van der Waals surface area (Å²) in [7, 11) is 0. The molecule has 0 aliphatic heterocycles. The van der Waals surface area contributed by atoms with E-state index >= 15 is 0 Å². The number of rotatable bonds is 3. The zero-order valence-electron chi connectivity index (χ0n) is 10.3. The zero-order valence-corrected chi connectivity index (χ0v) is 11.9. The van der Waals surface area contributed by atoms with Crippen molar-refractivity contribution in [1.29, 1.82) is 0 Å². The van der Waals surface area contributed by atoms with E-state index in [0.29, 0.717) is 23.5 Å². The van der Waals surface area contributed by atoms with Crippen molar-refractivity contribution in [2.24, 2.45) is 0 Å². The summed E-state index contributed by atoms with van der Waals surface area (Å²) in [6.45, 7) is 0. The number of nitrogens with zero attached hydrogens (tertiary/aromatic N) is 1. The summed E-state index contributed by atoms with van der Waals surface area (Å²) >= 11 is 3.39. The minimum Gasteiger partial charge on any atom is -0.441 e. The molecule has 0 spiro atoms. The van der Waals surface area contributed by atoms with Crippen molar-refractivity contribution in [3.63, 3.8) is 0 Å². The molecule has 0 saturated carbocycles. The highest BCUT2D eigenvalue weighted by molar-refractivity contribution is 9.09. The molecule has 1 aromatic heterocycles. The van der Waals surface area contributed by atoms with Gasteiger partial charge in [0, 0.05) is 18.1 Å². The summed E-state index contributed by atoms with van der Waals surface area (Å²) in [6.07, 6.45) is 0.386. The molecule has 1 atom stereocenters. The fourth-order valence-corrected chi connectivity index (χ4v) is 2.67. The van der Waals surface area contributed by atoms with Crippen molar-refractivity contribution in [3.8, 4) is 0 Å². The molecule has 0 fully saturated rings. The lowest BCUT2D eigenvalue weighted by atomic mass is 10.1. The van der Waals surface area contributed by atoms with E-state index < -0.39 is 11.6 Å². The normalized spacial score (nSPS) is 12.8. The van der Waals surface area contributed by atoms with Crippen molar-refractivity contribution in [2.45, 2.75) is 11.2 Å². The highest BCUT2D eigenvalue weighted by Gasteiger charge is 2.17. The topological polar surface area (TPSA) is 26.0 Å². The number of hydrogen-bond acceptors (Lipinski definition) is 2. The molecule has 20 heavy (non-hydrogen) atoms. The summed E-state index contributed by atoms with van der Waals surface area (Å²) in [5.41, 5.74) is 1.84. The first-order valence-electron chi connectivity index (χ1n) is 6.07. The number of hydrogen-bond donors (Lipinski definition) is 0. The minimum absolute atomic E-state index is 0.323. The van der Waals surface area contributed by atoms with Crippen LogP contribution in [0.5, 0.6) is 0 Å². The van der Waals surface area contributed by atoms with Gasteiger partial charge in [0.2, 0.25) is 0 Å². The number of alkyl halides is 1.